The van der Waals surface area contributed by atoms with Crippen LogP contribution in [0.15, 0.2) is 80.6 Å². The van der Waals surface area contributed by atoms with Crippen LogP contribution >= 0.6 is 27.3 Å². The first-order valence-corrected chi connectivity index (χ1v) is 13.4. The number of hydrogen-bond donors (Lipinski definition) is 0. The summed E-state index contributed by atoms with van der Waals surface area (Å²) in [6, 6.07) is 12.5. The van der Waals surface area contributed by atoms with E-state index in [1.807, 2.05) is 56.3 Å². The van der Waals surface area contributed by atoms with Gasteiger partial charge >= 0.3 is 5.97 Å². The second kappa shape index (κ2) is 11.7. The van der Waals surface area contributed by atoms with E-state index < -0.39 is 12.0 Å². The highest BCUT2D eigenvalue weighted by atomic mass is 79.9. The molecule has 2 aromatic carbocycles. The third kappa shape index (κ3) is 5.33. The van der Waals surface area contributed by atoms with Gasteiger partial charge in [-0.1, -0.05) is 61.2 Å². The van der Waals surface area contributed by atoms with Gasteiger partial charge in [0.25, 0.3) is 5.56 Å². The summed E-state index contributed by atoms with van der Waals surface area (Å²) in [5.74, 6) is 0.630. The number of carbonyl (C=O) groups excluding carboxylic acids is 1. The van der Waals surface area contributed by atoms with Crippen molar-refractivity contribution in [2.45, 2.75) is 26.3 Å². The fourth-order valence-electron chi connectivity index (χ4n) is 4.18. The maximum Gasteiger partial charge on any atom is 0.338 e. The van der Waals surface area contributed by atoms with Crippen molar-refractivity contribution in [3.05, 3.63) is 102 Å². The highest BCUT2D eigenvalue weighted by molar-refractivity contribution is 9.10. The average molecular weight is 584 g/mol. The van der Waals surface area contributed by atoms with Crippen LogP contribution in [0, 0.1) is 0 Å². The number of allylic oxidation sites excluding steroid dienone is 1. The number of methoxy groups -OCH3 is 1. The topological polar surface area (TPSA) is 79.1 Å². The Hall–Kier alpha value is -3.43. The number of halogens is 1. The first-order valence-electron chi connectivity index (χ1n) is 11.8. The van der Waals surface area contributed by atoms with Crippen LogP contribution in [0.3, 0.4) is 0 Å². The Morgan fingerprint density at radius 3 is 2.62 bits per heavy atom. The van der Waals surface area contributed by atoms with Gasteiger partial charge in [0.1, 0.15) is 6.61 Å². The molecule has 0 radical (unpaired) electrons. The number of fused-ring (bicyclic) bond motifs is 1. The van der Waals surface area contributed by atoms with E-state index in [9.17, 15) is 9.59 Å². The molecule has 4 rings (SSSR count). The van der Waals surface area contributed by atoms with Gasteiger partial charge in [-0.3, -0.25) is 9.36 Å². The Morgan fingerprint density at radius 2 is 1.97 bits per heavy atom. The number of nitrogens with zero attached hydrogens (tertiary/aromatic N) is 2. The zero-order valence-electron chi connectivity index (χ0n) is 20.8. The van der Waals surface area contributed by atoms with Crippen LogP contribution < -0.4 is 24.4 Å². The van der Waals surface area contributed by atoms with Crippen LogP contribution in [0.25, 0.3) is 6.08 Å². The van der Waals surface area contributed by atoms with Gasteiger partial charge in [0, 0.05) is 0 Å². The standard InChI is InChI=1S/C28H27BrN2O5S/c1-5-13-36-25-19(29)14-17(15-21(25)35-7-3)16-22-26(32)31-24(18-11-9-8-10-12-18)23(27(33)34-4)20(6-2)30-28(31)37-22/h5,8-12,14-16,24H,1,6-7,13H2,2-4H3/b22-16+/t24-/m0/s1. The highest BCUT2D eigenvalue weighted by Crippen LogP contribution is 2.37. The maximum atomic E-state index is 13.8. The van der Waals surface area contributed by atoms with E-state index in [1.54, 1.807) is 16.7 Å². The fraction of sp³-hybridized carbons (Fsp3) is 0.250. The van der Waals surface area contributed by atoms with Crippen LogP contribution in [-0.4, -0.2) is 30.9 Å². The molecular weight excluding hydrogens is 556 g/mol. The average Bonchev–Trinajstić information content (AvgIpc) is 3.21. The Morgan fingerprint density at radius 1 is 1.22 bits per heavy atom. The van der Waals surface area contributed by atoms with E-state index >= 15 is 0 Å². The molecule has 0 unspecified atom stereocenters. The molecule has 37 heavy (non-hydrogen) atoms. The molecule has 3 aromatic rings. The number of benzene rings is 2. The van der Waals surface area contributed by atoms with Crippen molar-refractivity contribution in [1.82, 2.24) is 4.57 Å². The molecule has 7 nitrogen and oxygen atoms in total. The second-order valence-electron chi connectivity index (χ2n) is 8.06. The van der Waals surface area contributed by atoms with Gasteiger partial charge in [0.05, 0.1) is 40.0 Å². The van der Waals surface area contributed by atoms with Gasteiger partial charge < -0.3 is 14.2 Å². The van der Waals surface area contributed by atoms with Crippen molar-refractivity contribution >= 4 is 39.3 Å². The molecule has 1 aromatic heterocycles. The van der Waals surface area contributed by atoms with Gasteiger partial charge in [-0.15, -0.1) is 0 Å². The summed E-state index contributed by atoms with van der Waals surface area (Å²) < 4.78 is 19.4. The minimum Gasteiger partial charge on any atom is -0.490 e. The molecule has 192 valence electrons. The van der Waals surface area contributed by atoms with Crippen LogP contribution in [0.5, 0.6) is 11.5 Å². The summed E-state index contributed by atoms with van der Waals surface area (Å²) in [6.45, 7) is 8.30. The van der Waals surface area contributed by atoms with Crippen LogP contribution in [-0.2, 0) is 9.53 Å². The number of thiazole rings is 1. The molecule has 0 N–H and O–H groups in total. The highest BCUT2D eigenvalue weighted by Gasteiger charge is 2.33. The summed E-state index contributed by atoms with van der Waals surface area (Å²) >= 11 is 4.84. The molecule has 0 bridgehead atoms. The lowest BCUT2D eigenvalue weighted by Gasteiger charge is -2.25. The molecule has 2 heterocycles. The van der Waals surface area contributed by atoms with Gasteiger partial charge in [-0.25, -0.2) is 9.79 Å². The smallest absolute Gasteiger partial charge is 0.338 e. The Balaban J connectivity index is 1.92. The minimum atomic E-state index is -0.637. The summed E-state index contributed by atoms with van der Waals surface area (Å²) in [7, 11) is 1.34. The predicted octanol–water partition coefficient (Wildman–Crippen LogP) is 4.52. The zero-order chi connectivity index (χ0) is 26.5. The van der Waals surface area contributed by atoms with Crippen molar-refractivity contribution in [2.75, 3.05) is 20.3 Å². The Kier molecular flexibility index (Phi) is 8.45. The van der Waals surface area contributed by atoms with Crippen molar-refractivity contribution < 1.29 is 19.0 Å². The minimum absolute atomic E-state index is 0.241. The van der Waals surface area contributed by atoms with E-state index in [0.29, 0.717) is 56.2 Å². The Bertz CT molecular complexity index is 1540. The van der Waals surface area contributed by atoms with E-state index in [4.69, 9.17) is 19.2 Å². The van der Waals surface area contributed by atoms with Crippen molar-refractivity contribution in [3.8, 4) is 11.5 Å². The molecule has 0 aliphatic carbocycles. The molecule has 1 atom stereocenters. The van der Waals surface area contributed by atoms with Gasteiger partial charge in [0.15, 0.2) is 16.3 Å². The molecule has 0 saturated heterocycles. The number of ether oxygens (including phenoxy) is 3. The molecule has 1 aliphatic heterocycles. The predicted molar refractivity (Wildman–Crippen MR) is 148 cm³/mol. The number of esters is 1. The summed E-state index contributed by atoms with van der Waals surface area (Å²) in [6.07, 6.45) is 3.98. The molecule has 0 fully saturated rings. The second-order valence-corrected chi connectivity index (χ2v) is 9.93. The molecule has 9 heteroatoms. The molecular formula is C28H27BrN2O5S. The third-order valence-electron chi connectivity index (χ3n) is 5.74. The number of carbonyl (C=O) groups is 1. The maximum absolute atomic E-state index is 13.8. The van der Waals surface area contributed by atoms with Crippen molar-refractivity contribution in [3.63, 3.8) is 0 Å². The molecule has 0 amide bonds. The van der Waals surface area contributed by atoms with E-state index in [-0.39, 0.29) is 5.56 Å². The zero-order valence-corrected chi connectivity index (χ0v) is 23.2. The van der Waals surface area contributed by atoms with Crippen molar-refractivity contribution in [2.24, 2.45) is 4.99 Å². The molecule has 0 spiro atoms. The van der Waals surface area contributed by atoms with Crippen LogP contribution in [0.4, 0.5) is 0 Å². The lowest BCUT2D eigenvalue weighted by atomic mass is 9.95. The van der Waals surface area contributed by atoms with Crippen LogP contribution in [0.1, 0.15) is 37.4 Å². The number of rotatable bonds is 9. The Labute approximate surface area is 227 Å². The molecule has 1 aliphatic rings. The monoisotopic (exact) mass is 582 g/mol. The van der Waals surface area contributed by atoms with Gasteiger partial charge in [-0.2, -0.15) is 0 Å². The number of aromatic nitrogens is 1. The first-order chi connectivity index (χ1) is 17.9. The summed E-state index contributed by atoms with van der Waals surface area (Å²) in [5.41, 5.74) is 2.31. The fourth-order valence-corrected chi connectivity index (χ4v) is 5.78. The normalized spacial score (nSPS) is 15.1. The van der Waals surface area contributed by atoms with E-state index in [2.05, 4.69) is 22.5 Å². The summed E-state index contributed by atoms with van der Waals surface area (Å²) in [4.78, 5) is 31.9. The van der Waals surface area contributed by atoms with E-state index in [1.165, 1.54) is 18.4 Å². The third-order valence-corrected chi connectivity index (χ3v) is 7.31. The molecule has 0 saturated carbocycles. The van der Waals surface area contributed by atoms with E-state index in [0.717, 1.165) is 11.1 Å². The van der Waals surface area contributed by atoms with Crippen molar-refractivity contribution in [1.29, 1.82) is 0 Å². The SMILES string of the molecule is C=CCOc1c(Br)cc(/C=c2/sc3n(c2=O)[C@@H](c2ccccc2)C(C(=O)OC)=C(CC)N=3)cc1OCC. The quantitative estimate of drug-likeness (QED) is 0.274. The lowest BCUT2D eigenvalue weighted by molar-refractivity contribution is -0.136. The van der Waals surface area contributed by atoms with Crippen LogP contribution in [0.2, 0.25) is 0 Å². The number of hydrogen-bond acceptors (Lipinski definition) is 7. The van der Waals surface area contributed by atoms with Gasteiger partial charge in [-0.05, 0) is 58.6 Å². The largest absolute Gasteiger partial charge is 0.490 e. The lowest BCUT2D eigenvalue weighted by Crippen LogP contribution is -2.40. The first kappa shape index (κ1) is 26.6. The van der Waals surface area contributed by atoms with Gasteiger partial charge in [0.2, 0.25) is 0 Å². The summed E-state index contributed by atoms with van der Waals surface area (Å²) in [5, 5.41) is 0.